The molecule has 0 aliphatic rings. The Morgan fingerprint density at radius 1 is 1.16 bits per heavy atom. The number of nitrogen functional groups attached to an aromatic ring is 1. The van der Waals surface area contributed by atoms with E-state index in [0.717, 1.165) is 28.7 Å². The summed E-state index contributed by atoms with van der Waals surface area (Å²) in [6.07, 6.45) is -0.714. The summed E-state index contributed by atoms with van der Waals surface area (Å²) in [7, 11) is 1.46. The third-order valence-electron chi connectivity index (χ3n) is 5.04. The molecule has 2 aromatic carbocycles. The van der Waals surface area contributed by atoms with Crippen LogP contribution < -0.4 is 26.4 Å². The van der Waals surface area contributed by atoms with Crippen molar-refractivity contribution in [3.05, 3.63) is 59.0 Å². The van der Waals surface area contributed by atoms with Gasteiger partial charge in [0.25, 0.3) is 5.91 Å². The van der Waals surface area contributed by atoms with E-state index in [1.54, 1.807) is 17.5 Å². The fourth-order valence-corrected chi connectivity index (χ4v) is 5.02. The van der Waals surface area contributed by atoms with Crippen molar-refractivity contribution in [1.29, 1.82) is 0 Å². The number of rotatable bonds is 8. The van der Waals surface area contributed by atoms with Gasteiger partial charge in [-0.05, 0) is 31.2 Å². The van der Waals surface area contributed by atoms with E-state index in [2.05, 4.69) is 25.9 Å². The van der Waals surface area contributed by atoms with E-state index in [1.165, 1.54) is 26.2 Å². The molecule has 0 aliphatic heterocycles. The molecule has 2 aromatic heterocycles. The number of nitrogens with zero attached hydrogens (tertiary/aromatic N) is 2. The Kier molecular flexibility index (Phi) is 8.14. The van der Waals surface area contributed by atoms with Gasteiger partial charge in [-0.3, -0.25) is 10.1 Å². The summed E-state index contributed by atoms with van der Waals surface area (Å²) in [6.45, 7) is 1.59. The number of hydrogen-bond donors (Lipinski definition) is 5. The maximum absolute atomic E-state index is 14.7. The third-order valence-corrected chi connectivity index (χ3v) is 7.03. The number of nitrogens with two attached hydrogens (primary N) is 1. The number of ether oxygens (including phenoxy) is 1. The molecule has 4 aromatic rings. The number of hydrogen-bond acceptors (Lipinski definition) is 9. The Balaban J connectivity index is 1.55. The Morgan fingerprint density at radius 2 is 1.95 bits per heavy atom. The molecule has 14 heteroatoms. The van der Waals surface area contributed by atoms with E-state index < -0.39 is 29.7 Å². The standard InChI is InChI=1S/C24H22F2N6O4S2/c1-11(33)9-28-23(35)32-24-31-20(27)19(38-24)22-30-18(10-37-22)14-7-17(16(26)8-15(14)25)29-21(34)12-4-3-5-13(6-12)36-2/h3-8,10-11,33H,9,27H2,1-2H3,(H,29,34)(H2,28,31,32,35)/t11-/m0/s1. The van der Waals surface area contributed by atoms with Gasteiger partial charge in [0.1, 0.15) is 33.1 Å². The number of urea groups is 1. The van der Waals surface area contributed by atoms with E-state index in [0.29, 0.717) is 21.7 Å². The molecule has 0 bridgehead atoms. The zero-order valence-electron chi connectivity index (χ0n) is 20.0. The molecule has 0 saturated carbocycles. The highest BCUT2D eigenvalue weighted by Crippen LogP contribution is 2.39. The summed E-state index contributed by atoms with van der Waals surface area (Å²) in [6, 6.07) is 7.57. The van der Waals surface area contributed by atoms with Crippen LogP contribution in [0.4, 0.5) is 30.2 Å². The quantitative estimate of drug-likeness (QED) is 0.212. The van der Waals surface area contributed by atoms with Crippen LogP contribution in [0.15, 0.2) is 41.8 Å². The number of aliphatic hydroxyl groups excluding tert-OH is 1. The number of thiazole rings is 2. The number of aliphatic hydroxyl groups is 1. The summed E-state index contributed by atoms with van der Waals surface area (Å²) in [5, 5.41) is 18.9. The number of carbonyl (C=O) groups is 2. The van der Waals surface area contributed by atoms with E-state index >= 15 is 0 Å². The predicted molar refractivity (Wildman–Crippen MR) is 143 cm³/mol. The van der Waals surface area contributed by atoms with Crippen molar-refractivity contribution in [3.63, 3.8) is 0 Å². The molecular formula is C24H22F2N6O4S2. The monoisotopic (exact) mass is 560 g/mol. The van der Waals surface area contributed by atoms with Gasteiger partial charge in [-0.1, -0.05) is 17.4 Å². The molecule has 1 atom stereocenters. The molecule has 10 nitrogen and oxygen atoms in total. The highest BCUT2D eigenvalue weighted by molar-refractivity contribution is 7.23. The second kappa shape index (κ2) is 11.5. The second-order valence-electron chi connectivity index (χ2n) is 7.95. The van der Waals surface area contributed by atoms with Crippen molar-refractivity contribution in [1.82, 2.24) is 15.3 Å². The zero-order valence-corrected chi connectivity index (χ0v) is 21.7. The van der Waals surface area contributed by atoms with Gasteiger partial charge in [0.05, 0.1) is 24.6 Å². The summed E-state index contributed by atoms with van der Waals surface area (Å²) in [5.74, 6) is -1.86. The minimum Gasteiger partial charge on any atom is -0.497 e. The first-order valence-electron chi connectivity index (χ1n) is 11.0. The Labute approximate surface area is 223 Å². The number of anilines is 3. The van der Waals surface area contributed by atoms with E-state index in [9.17, 15) is 23.5 Å². The average Bonchev–Trinajstić information content (AvgIpc) is 3.50. The topological polar surface area (TPSA) is 151 Å². The number of halogens is 2. The summed E-state index contributed by atoms with van der Waals surface area (Å²) >= 11 is 2.21. The molecule has 3 amide bonds. The Morgan fingerprint density at radius 3 is 2.68 bits per heavy atom. The van der Waals surface area contributed by atoms with Crippen molar-refractivity contribution in [3.8, 4) is 26.9 Å². The van der Waals surface area contributed by atoms with Crippen LogP contribution in [0.3, 0.4) is 0 Å². The van der Waals surface area contributed by atoms with E-state index in [-0.39, 0.29) is 40.0 Å². The molecule has 0 unspecified atom stereocenters. The lowest BCUT2D eigenvalue weighted by molar-refractivity contribution is 0.102. The predicted octanol–water partition coefficient (Wildman–Crippen LogP) is 4.56. The first-order chi connectivity index (χ1) is 18.1. The molecule has 0 saturated heterocycles. The van der Waals surface area contributed by atoms with Crippen LogP contribution in [0.25, 0.3) is 21.1 Å². The maximum Gasteiger partial charge on any atom is 0.321 e. The minimum absolute atomic E-state index is 0.0335. The van der Waals surface area contributed by atoms with E-state index in [4.69, 9.17) is 10.5 Å². The molecule has 0 aliphatic carbocycles. The van der Waals surface area contributed by atoms with Crippen LogP contribution in [0, 0.1) is 11.6 Å². The largest absolute Gasteiger partial charge is 0.497 e. The number of carbonyl (C=O) groups excluding carboxylic acids is 2. The lowest BCUT2D eigenvalue weighted by Crippen LogP contribution is -2.34. The SMILES string of the molecule is COc1cccc(C(=O)Nc2cc(-c3csc(-c4sc(NC(=O)NC[C@H](C)O)nc4N)n3)c(F)cc2F)c1. The van der Waals surface area contributed by atoms with E-state index in [1.807, 2.05) is 0 Å². The molecule has 6 N–H and O–H groups in total. The van der Waals surface area contributed by atoms with Gasteiger partial charge in [0.2, 0.25) is 0 Å². The average molecular weight is 561 g/mol. The first-order valence-corrected chi connectivity index (χ1v) is 12.7. The van der Waals surface area contributed by atoms with Gasteiger partial charge in [-0.2, -0.15) is 0 Å². The molecule has 2 heterocycles. The second-order valence-corrected chi connectivity index (χ2v) is 9.81. The fraction of sp³-hybridized carbons (Fsp3) is 0.167. The molecular weight excluding hydrogens is 538 g/mol. The summed E-state index contributed by atoms with van der Waals surface area (Å²) in [4.78, 5) is 33.5. The Bertz CT molecular complexity index is 1490. The van der Waals surface area contributed by atoms with Gasteiger partial charge in [-0.15, -0.1) is 11.3 Å². The summed E-state index contributed by atoms with van der Waals surface area (Å²) < 4.78 is 34.4. The number of aromatic nitrogens is 2. The molecule has 0 radical (unpaired) electrons. The van der Waals surface area contributed by atoms with Crippen molar-refractivity contribution in [2.75, 3.05) is 30.0 Å². The summed E-state index contributed by atoms with van der Waals surface area (Å²) in [5.41, 5.74) is 6.16. The van der Waals surface area contributed by atoms with Gasteiger partial charge < -0.3 is 26.2 Å². The Hall–Kier alpha value is -4.14. The molecule has 198 valence electrons. The van der Waals surface area contributed by atoms with Crippen LogP contribution in [0.2, 0.25) is 0 Å². The number of nitrogens with one attached hydrogen (secondary N) is 3. The first kappa shape index (κ1) is 26.9. The van der Waals surface area contributed by atoms with Gasteiger partial charge in [0.15, 0.2) is 5.13 Å². The van der Waals surface area contributed by atoms with Crippen molar-refractivity contribution >= 4 is 51.2 Å². The molecule has 0 spiro atoms. The van der Waals surface area contributed by atoms with Crippen LogP contribution in [0.5, 0.6) is 5.75 Å². The maximum atomic E-state index is 14.7. The van der Waals surface area contributed by atoms with Crippen LogP contribution >= 0.6 is 22.7 Å². The van der Waals surface area contributed by atoms with Crippen molar-refractivity contribution in [2.45, 2.75) is 13.0 Å². The lowest BCUT2D eigenvalue weighted by atomic mass is 10.1. The number of benzene rings is 2. The highest BCUT2D eigenvalue weighted by atomic mass is 32.1. The van der Waals surface area contributed by atoms with Gasteiger partial charge in [0, 0.05) is 29.1 Å². The smallest absolute Gasteiger partial charge is 0.321 e. The number of amides is 3. The third kappa shape index (κ3) is 6.22. The van der Waals surface area contributed by atoms with Crippen LogP contribution in [-0.2, 0) is 0 Å². The molecule has 4 rings (SSSR count). The molecule has 0 fully saturated rings. The van der Waals surface area contributed by atoms with Crippen molar-refractivity contribution in [2.24, 2.45) is 0 Å². The molecule has 38 heavy (non-hydrogen) atoms. The van der Waals surface area contributed by atoms with Crippen molar-refractivity contribution < 1.29 is 28.2 Å². The minimum atomic E-state index is -0.950. The normalized spacial score (nSPS) is 11.6. The van der Waals surface area contributed by atoms with Crippen LogP contribution in [0.1, 0.15) is 17.3 Å². The fourth-order valence-electron chi connectivity index (χ4n) is 3.22. The highest BCUT2D eigenvalue weighted by Gasteiger charge is 2.20. The van der Waals surface area contributed by atoms with Crippen LogP contribution in [-0.4, -0.2) is 46.8 Å². The zero-order chi connectivity index (χ0) is 27.4. The van der Waals surface area contributed by atoms with Gasteiger partial charge in [-0.25, -0.2) is 23.5 Å². The van der Waals surface area contributed by atoms with Gasteiger partial charge >= 0.3 is 6.03 Å². The lowest BCUT2D eigenvalue weighted by Gasteiger charge is -2.10. The number of methoxy groups -OCH3 is 1.